The largest absolute Gasteiger partial charge is 0.486 e. The van der Waals surface area contributed by atoms with Gasteiger partial charge < -0.3 is 19.5 Å². The number of nitrogens with two attached hydrogens (primary N) is 1. The maximum atomic E-state index is 13.8. The van der Waals surface area contributed by atoms with Gasteiger partial charge in [0.05, 0.1) is 19.3 Å². The van der Waals surface area contributed by atoms with E-state index in [4.69, 9.17) is 19.3 Å². The van der Waals surface area contributed by atoms with Gasteiger partial charge in [0.1, 0.15) is 18.8 Å². The zero-order valence-electron chi connectivity index (χ0n) is 21.9. The molecule has 1 aliphatic heterocycles. The van der Waals surface area contributed by atoms with Gasteiger partial charge >= 0.3 is 0 Å². The lowest BCUT2D eigenvalue weighted by atomic mass is 9.98. The molecule has 1 amide bonds. The number of aryl methyl sites for hydroxylation is 1. The highest BCUT2D eigenvalue weighted by Crippen LogP contribution is 2.38. The second-order valence-electron chi connectivity index (χ2n) is 8.89. The van der Waals surface area contributed by atoms with Crippen LogP contribution < -0.4 is 24.7 Å². The van der Waals surface area contributed by atoms with E-state index in [1.807, 2.05) is 18.2 Å². The normalized spacial score (nSPS) is 13.8. The van der Waals surface area contributed by atoms with Crippen molar-refractivity contribution >= 4 is 30.6 Å². The number of benzene rings is 2. The highest BCUT2D eigenvalue weighted by atomic mass is 32.9. The van der Waals surface area contributed by atoms with Gasteiger partial charge in [0.15, 0.2) is 17.2 Å². The summed E-state index contributed by atoms with van der Waals surface area (Å²) in [4.78, 5) is 22.5. The third-order valence-corrected chi connectivity index (χ3v) is 10.0. The van der Waals surface area contributed by atoms with Gasteiger partial charge in [-0.2, -0.15) is 4.39 Å². The molecule has 4 aromatic rings. The maximum Gasteiger partial charge on any atom is 0.261 e. The summed E-state index contributed by atoms with van der Waals surface area (Å²) in [5.41, 5.74) is 2.87. The van der Waals surface area contributed by atoms with Crippen LogP contribution in [0.25, 0.3) is 11.1 Å². The number of pyridine rings is 2. The summed E-state index contributed by atoms with van der Waals surface area (Å²) in [7, 11) is -2.25. The quantitative estimate of drug-likeness (QED) is 0.224. The number of anilines is 1. The molecular formula is C28H27FN4O5S2. The molecule has 5 rings (SSSR count). The average molecular weight is 583 g/mol. The number of amides is 1. The van der Waals surface area contributed by atoms with Gasteiger partial charge in [-0.05, 0) is 73.7 Å². The minimum atomic E-state index is -2.76. The van der Waals surface area contributed by atoms with Crippen LogP contribution in [-0.2, 0) is 19.0 Å². The van der Waals surface area contributed by atoms with Crippen molar-refractivity contribution in [2.75, 3.05) is 24.8 Å². The van der Waals surface area contributed by atoms with E-state index in [-0.39, 0.29) is 17.2 Å². The summed E-state index contributed by atoms with van der Waals surface area (Å²) in [6.45, 7) is 4.28. The third-order valence-electron chi connectivity index (χ3n) is 6.29. The molecule has 0 aliphatic carbocycles. The minimum absolute atomic E-state index is 0.0126. The van der Waals surface area contributed by atoms with Crippen LogP contribution in [0.4, 0.5) is 10.1 Å². The van der Waals surface area contributed by atoms with E-state index in [0.717, 1.165) is 5.56 Å². The first-order valence-corrected chi connectivity index (χ1v) is 15.8. The molecule has 0 saturated heterocycles. The number of aromatic nitrogens is 2. The number of halogens is 1. The molecule has 0 bridgehead atoms. The van der Waals surface area contributed by atoms with Crippen LogP contribution in [-0.4, -0.2) is 39.6 Å². The Morgan fingerprint density at radius 2 is 1.88 bits per heavy atom. The molecule has 40 heavy (non-hydrogen) atoms. The number of rotatable bonds is 6. The van der Waals surface area contributed by atoms with Crippen molar-refractivity contribution in [2.45, 2.75) is 18.7 Å². The van der Waals surface area contributed by atoms with Crippen molar-refractivity contribution in [3.05, 3.63) is 83.6 Å². The minimum Gasteiger partial charge on any atom is -0.486 e. The number of hydrogen-bond donors (Lipinski definition) is 3. The number of ether oxygens (including phenoxy) is 3. The predicted octanol–water partition coefficient (Wildman–Crippen LogP) is 4.59. The average Bonchev–Trinajstić information content (AvgIpc) is 2.94. The molecule has 208 valence electrons. The molecule has 2 aromatic heterocycles. The lowest BCUT2D eigenvalue weighted by Crippen LogP contribution is -2.18. The lowest BCUT2D eigenvalue weighted by molar-refractivity contribution is 0.102. The van der Waals surface area contributed by atoms with Crippen molar-refractivity contribution in [3.8, 4) is 34.3 Å². The molecule has 12 heteroatoms. The summed E-state index contributed by atoms with van der Waals surface area (Å²) >= 11 is 0. The number of carbonyl (C=O) groups excluding carboxylic acids is 1. The first-order valence-electron chi connectivity index (χ1n) is 12.2. The number of nitrogens with zero attached hydrogens (tertiary/aromatic N) is 2. The molecule has 0 spiro atoms. The predicted molar refractivity (Wildman–Crippen MR) is 154 cm³/mol. The highest BCUT2D eigenvalue weighted by Gasteiger charge is 2.23. The molecule has 0 fully saturated rings. The van der Waals surface area contributed by atoms with Crippen LogP contribution in [0, 0.1) is 19.8 Å². The maximum absolute atomic E-state index is 13.8. The van der Waals surface area contributed by atoms with Gasteiger partial charge in [0.25, 0.3) is 5.91 Å². The van der Waals surface area contributed by atoms with Crippen LogP contribution in [0.3, 0.4) is 0 Å². The fourth-order valence-corrected chi connectivity index (χ4v) is 5.96. The lowest BCUT2D eigenvalue weighted by Gasteiger charge is -2.20. The van der Waals surface area contributed by atoms with Gasteiger partial charge in [0, 0.05) is 17.4 Å². The van der Waals surface area contributed by atoms with Crippen LogP contribution in [0.2, 0.25) is 0 Å². The van der Waals surface area contributed by atoms with Crippen LogP contribution >= 0.6 is 0 Å². The van der Waals surface area contributed by atoms with E-state index in [9.17, 15) is 13.4 Å². The number of fused-ring (bicyclic) bond motifs is 1. The fraction of sp³-hybridized carbons (Fsp3) is 0.179. The summed E-state index contributed by atoms with van der Waals surface area (Å²) < 4.78 is 43.7. The second kappa shape index (κ2) is 11.2. The highest BCUT2D eigenvalue weighted by molar-refractivity contribution is 8.38. The van der Waals surface area contributed by atoms with Crippen molar-refractivity contribution in [3.63, 3.8) is 0 Å². The Hall–Kier alpha value is -4.00. The molecule has 2 aromatic carbocycles. The molecule has 9 nitrogen and oxygen atoms in total. The third kappa shape index (κ3) is 5.64. The van der Waals surface area contributed by atoms with Gasteiger partial charge in [-0.1, -0.05) is 12.1 Å². The van der Waals surface area contributed by atoms with Gasteiger partial charge in [0.2, 0.25) is 11.8 Å². The second-order valence-corrected chi connectivity index (χ2v) is 13.6. The summed E-state index contributed by atoms with van der Waals surface area (Å²) in [5, 5.41) is 8.81. The summed E-state index contributed by atoms with van der Waals surface area (Å²) in [6.07, 6.45) is 3.31. The van der Waals surface area contributed by atoms with Gasteiger partial charge in [-0.15, -0.1) is 10.3 Å². The van der Waals surface area contributed by atoms with Crippen molar-refractivity contribution in [1.29, 1.82) is 0 Å². The van der Waals surface area contributed by atoms with Crippen molar-refractivity contribution < 1.29 is 27.6 Å². The van der Waals surface area contributed by atoms with E-state index in [2.05, 4.69) is 15.3 Å². The molecule has 0 saturated carbocycles. The first kappa shape index (κ1) is 27.6. The van der Waals surface area contributed by atoms with E-state index in [0.29, 0.717) is 62.4 Å². The van der Waals surface area contributed by atoms with E-state index in [1.54, 1.807) is 50.6 Å². The molecule has 3 N–H and O–H groups in total. The fourth-order valence-electron chi connectivity index (χ4n) is 4.21. The van der Waals surface area contributed by atoms with Crippen LogP contribution in [0.15, 0.2) is 65.7 Å². The molecule has 0 radical (unpaired) electrons. The van der Waals surface area contributed by atoms with Crippen LogP contribution in [0.1, 0.15) is 21.6 Å². The Kier molecular flexibility index (Phi) is 7.74. The SMILES string of the molecule is C[SH]=[S@](N)(=O)c1cccc(NC(=O)c2c(Oc3ccc(F)nc3C)ncc(-c3ccc4c(c3)OCCO4)c2C)c1. The molecule has 3 heterocycles. The molecule has 0 unspecified atom stereocenters. The number of nitrogens with one attached hydrogen (secondary N) is 1. The topological polar surface area (TPSA) is 126 Å². The van der Waals surface area contributed by atoms with E-state index < -0.39 is 20.5 Å². The first-order chi connectivity index (χ1) is 19.2. The monoisotopic (exact) mass is 582 g/mol. The van der Waals surface area contributed by atoms with Gasteiger partial charge in [-0.3, -0.25) is 9.93 Å². The Balaban J connectivity index is 1.58. The Bertz CT molecular complexity index is 1760. The number of carbonyl (C=O) groups is 1. The van der Waals surface area contributed by atoms with Crippen LogP contribution in [0.5, 0.6) is 23.1 Å². The van der Waals surface area contributed by atoms with E-state index in [1.165, 1.54) is 12.1 Å². The Morgan fingerprint density at radius 3 is 2.62 bits per heavy atom. The number of thiol groups is 1. The molecular weight excluding hydrogens is 555 g/mol. The van der Waals surface area contributed by atoms with Gasteiger partial charge in [-0.25, -0.2) is 14.2 Å². The van der Waals surface area contributed by atoms with E-state index >= 15 is 0 Å². The van der Waals surface area contributed by atoms with Crippen molar-refractivity contribution in [1.82, 2.24) is 9.97 Å². The van der Waals surface area contributed by atoms with Crippen molar-refractivity contribution in [2.24, 2.45) is 5.14 Å². The smallest absolute Gasteiger partial charge is 0.261 e. The summed E-state index contributed by atoms with van der Waals surface area (Å²) in [6, 6.07) is 14.7. The number of hydrogen-bond acceptors (Lipinski definition) is 7. The standard InChI is InChI=1S/C28H27FN4O5S2/c1-16-21(18-7-8-23-24(13-18)37-12-11-36-23)15-31-28(38-22-9-10-25(29)32-17(22)2)26(16)27(34)33-19-5-4-6-20(14-19)40(30,35)39-3/h4-10,13-15,39H,11-12H2,1-3H3,(H2,30,35)(H,33,34)/t40-/m1/s1. The zero-order valence-corrected chi connectivity index (χ0v) is 23.6. The Morgan fingerprint density at radius 1 is 1.10 bits per heavy atom. The summed E-state index contributed by atoms with van der Waals surface area (Å²) in [5.74, 6) is 0.339. The molecule has 1 aliphatic rings. The Labute approximate surface area is 234 Å². The molecule has 1 atom stereocenters. The zero-order chi connectivity index (χ0) is 28.4.